The molecule has 0 radical (unpaired) electrons. The van der Waals surface area contributed by atoms with Crippen LogP contribution in [0.25, 0.3) is 11.0 Å². The molecule has 0 aliphatic heterocycles. The number of anilines is 1. The molecule has 96 valence electrons. The summed E-state index contributed by atoms with van der Waals surface area (Å²) in [5, 5.41) is 3.39. The zero-order chi connectivity index (χ0) is 13.1. The molecule has 2 aromatic rings. The van der Waals surface area contributed by atoms with Crippen LogP contribution in [0.1, 0.15) is 19.5 Å². The first-order valence-electron chi connectivity index (χ1n) is 6.31. The van der Waals surface area contributed by atoms with E-state index in [4.69, 9.17) is 5.73 Å². The Balaban J connectivity index is 2.35. The summed E-state index contributed by atoms with van der Waals surface area (Å²) in [7, 11) is 0. The second-order valence-corrected chi connectivity index (χ2v) is 4.88. The predicted molar refractivity (Wildman–Crippen MR) is 75.6 cm³/mol. The third-order valence-corrected chi connectivity index (χ3v) is 3.13. The smallest absolute Gasteiger partial charge is 0.148 e. The summed E-state index contributed by atoms with van der Waals surface area (Å²) in [5.74, 6) is 1.29. The van der Waals surface area contributed by atoms with Crippen molar-refractivity contribution in [3.05, 3.63) is 30.0 Å². The Hall–Kier alpha value is -1.68. The van der Waals surface area contributed by atoms with Gasteiger partial charge in [-0.1, -0.05) is 26.0 Å². The van der Waals surface area contributed by atoms with E-state index in [1.807, 2.05) is 31.2 Å². The number of benzene rings is 1. The number of nitrogens with zero attached hydrogens (tertiary/aromatic N) is 2. The summed E-state index contributed by atoms with van der Waals surface area (Å²) >= 11 is 0. The van der Waals surface area contributed by atoms with Gasteiger partial charge in [-0.25, -0.2) is 9.97 Å². The highest BCUT2D eigenvalue weighted by Crippen LogP contribution is 2.18. The van der Waals surface area contributed by atoms with Crippen LogP contribution in [0.3, 0.4) is 0 Å². The van der Waals surface area contributed by atoms with Crippen LogP contribution >= 0.6 is 0 Å². The molecule has 18 heavy (non-hydrogen) atoms. The molecule has 0 aliphatic rings. The predicted octanol–water partition coefficient (Wildman–Crippen LogP) is 2.33. The fraction of sp³-hybridized carbons (Fsp3) is 0.429. The Labute approximate surface area is 108 Å². The van der Waals surface area contributed by atoms with Crippen molar-refractivity contribution in [3.63, 3.8) is 0 Å². The minimum atomic E-state index is 0.221. The molecule has 3 N–H and O–H groups in total. The molecule has 4 heteroatoms. The summed E-state index contributed by atoms with van der Waals surface area (Å²) in [6.45, 7) is 6.85. The van der Waals surface area contributed by atoms with Gasteiger partial charge in [0.1, 0.15) is 5.82 Å². The number of hydrogen-bond acceptors (Lipinski definition) is 4. The lowest BCUT2D eigenvalue weighted by Crippen LogP contribution is -2.34. The zero-order valence-electron chi connectivity index (χ0n) is 11.1. The van der Waals surface area contributed by atoms with Crippen LogP contribution in [0.4, 0.5) is 5.82 Å². The monoisotopic (exact) mass is 244 g/mol. The summed E-state index contributed by atoms with van der Waals surface area (Å²) in [4.78, 5) is 9.17. The fourth-order valence-corrected chi connectivity index (χ4v) is 1.90. The number of para-hydroxylation sites is 2. The molecular formula is C14H20N4. The van der Waals surface area contributed by atoms with E-state index in [0.29, 0.717) is 12.5 Å². The molecule has 1 unspecified atom stereocenters. The van der Waals surface area contributed by atoms with Gasteiger partial charge in [0, 0.05) is 12.6 Å². The summed E-state index contributed by atoms with van der Waals surface area (Å²) in [5.41, 5.74) is 8.52. The van der Waals surface area contributed by atoms with Gasteiger partial charge in [-0.2, -0.15) is 0 Å². The molecule has 0 saturated carbocycles. The molecule has 0 amide bonds. The second-order valence-electron chi connectivity index (χ2n) is 4.88. The topological polar surface area (TPSA) is 63.8 Å². The number of nitrogens with two attached hydrogens (primary N) is 1. The molecule has 0 aliphatic carbocycles. The van der Waals surface area contributed by atoms with Crippen LogP contribution in [0, 0.1) is 12.8 Å². The Bertz CT molecular complexity index is 536. The van der Waals surface area contributed by atoms with Crippen molar-refractivity contribution >= 4 is 16.9 Å². The fourth-order valence-electron chi connectivity index (χ4n) is 1.90. The second kappa shape index (κ2) is 5.31. The third-order valence-electron chi connectivity index (χ3n) is 3.13. The van der Waals surface area contributed by atoms with Crippen molar-refractivity contribution in [1.29, 1.82) is 0 Å². The van der Waals surface area contributed by atoms with E-state index in [1.54, 1.807) is 0 Å². The highest BCUT2D eigenvalue weighted by atomic mass is 15.1. The molecule has 2 rings (SSSR count). The third kappa shape index (κ3) is 2.59. The van der Waals surface area contributed by atoms with Gasteiger partial charge in [0.05, 0.1) is 16.7 Å². The minimum Gasteiger partial charge on any atom is -0.364 e. The highest BCUT2D eigenvalue weighted by molar-refractivity contribution is 5.76. The SMILES string of the molecule is Cc1nc2ccccc2nc1NC(CN)C(C)C. The van der Waals surface area contributed by atoms with E-state index in [9.17, 15) is 0 Å². The van der Waals surface area contributed by atoms with E-state index in [0.717, 1.165) is 22.5 Å². The number of hydrogen-bond donors (Lipinski definition) is 2. The van der Waals surface area contributed by atoms with E-state index in [1.165, 1.54) is 0 Å². The Kier molecular flexibility index (Phi) is 3.77. The maximum absolute atomic E-state index is 5.77. The molecule has 1 aromatic carbocycles. The van der Waals surface area contributed by atoms with E-state index in [2.05, 4.69) is 29.1 Å². The minimum absolute atomic E-state index is 0.221. The van der Waals surface area contributed by atoms with Crippen molar-refractivity contribution in [2.75, 3.05) is 11.9 Å². The number of aryl methyl sites for hydroxylation is 1. The summed E-state index contributed by atoms with van der Waals surface area (Å²) in [6.07, 6.45) is 0. The normalized spacial score (nSPS) is 12.9. The van der Waals surface area contributed by atoms with Crippen molar-refractivity contribution in [1.82, 2.24) is 9.97 Å². The van der Waals surface area contributed by atoms with Gasteiger partial charge >= 0.3 is 0 Å². The first-order valence-corrected chi connectivity index (χ1v) is 6.31. The van der Waals surface area contributed by atoms with E-state index in [-0.39, 0.29) is 6.04 Å². The van der Waals surface area contributed by atoms with Gasteiger partial charge in [0.15, 0.2) is 0 Å². The lowest BCUT2D eigenvalue weighted by molar-refractivity contribution is 0.529. The number of nitrogens with one attached hydrogen (secondary N) is 1. The van der Waals surface area contributed by atoms with Crippen LogP contribution in [-0.4, -0.2) is 22.6 Å². The molecule has 0 spiro atoms. The lowest BCUT2D eigenvalue weighted by atomic mass is 10.0. The standard InChI is InChI=1S/C14H20N4/c1-9(2)13(8-15)18-14-10(3)16-11-6-4-5-7-12(11)17-14/h4-7,9,13H,8,15H2,1-3H3,(H,17,18). The number of fused-ring (bicyclic) bond motifs is 1. The molecule has 1 atom stereocenters. The van der Waals surface area contributed by atoms with Crippen LogP contribution < -0.4 is 11.1 Å². The zero-order valence-corrected chi connectivity index (χ0v) is 11.1. The Morgan fingerprint density at radius 3 is 2.33 bits per heavy atom. The van der Waals surface area contributed by atoms with Gasteiger partial charge in [0.25, 0.3) is 0 Å². The molecule has 4 nitrogen and oxygen atoms in total. The Morgan fingerprint density at radius 1 is 1.17 bits per heavy atom. The van der Waals surface area contributed by atoms with Gasteiger partial charge in [-0.05, 0) is 25.0 Å². The van der Waals surface area contributed by atoms with Gasteiger partial charge < -0.3 is 11.1 Å². The van der Waals surface area contributed by atoms with E-state index < -0.39 is 0 Å². The summed E-state index contributed by atoms with van der Waals surface area (Å²) in [6, 6.07) is 8.11. The average molecular weight is 244 g/mol. The maximum atomic E-state index is 5.77. The van der Waals surface area contributed by atoms with E-state index >= 15 is 0 Å². The Morgan fingerprint density at radius 2 is 1.78 bits per heavy atom. The first-order chi connectivity index (χ1) is 8.61. The van der Waals surface area contributed by atoms with Crippen molar-refractivity contribution < 1.29 is 0 Å². The molecule has 0 bridgehead atoms. The first kappa shape index (κ1) is 12.8. The molecule has 1 heterocycles. The molecular weight excluding hydrogens is 224 g/mol. The number of aromatic nitrogens is 2. The van der Waals surface area contributed by atoms with Gasteiger partial charge in [-0.3, -0.25) is 0 Å². The van der Waals surface area contributed by atoms with Crippen molar-refractivity contribution in [2.24, 2.45) is 11.7 Å². The largest absolute Gasteiger partial charge is 0.364 e. The quantitative estimate of drug-likeness (QED) is 0.866. The van der Waals surface area contributed by atoms with Gasteiger partial charge in [0.2, 0.25) is 0 Å². The highest BCUT2D eigenvalue weighted by Gasteiger charge is 2.13. The lowest BCUT2D eigenvalue weighted by Gasteiger charge is -2.22. The van der Waals surface area contributed by atoms with Crippen LogP contribution in [0.2, 0.25) is 0 Å². The van der Waals surface area contributed by atoms with Crippen LogP contribution in [0.5, 0.6) is 0 Å². The van der Waals surface area contributed by atoms with Gasteiger partial charge in [-0.15, -0.1) is 0 Å². The van der Waals surface area contributed by atoms with Crippen LogP contribution in [0.15, 0.2) is 24.3 Å². The maximum Gasteiger partial charge on any atom is 0.148 e. The van der Waals surface area contributed by atoms with Crippen LogP contribution in [-0.2, 0) is 0 Å². The van der Waals surface area contributed by atoms with Crippen molar-refractivity contribution in [3.8, 4) is 0 Å². The van der Waals surface area contributed by atoms with Crippen molar-refractivity contribution in [2.45, 2.75) is 26.8 Å². The molecule has 0 fully saturated rings. The molecule has 0 saturated heterocycles. The number of rotatable bonds is 4. The average Bonchev–Trinajstić information content (AvgIpc) is 2.35. The summed E-state index contributed by atoms with van der Waals surface area (Å²) < 4.78 is 0. The molecule has 1 aromatic heterocycles.